The van der Waals surface area contributed by atoms with Gasteiger partial charge in [0.25, 0.3) is 0 Å². The van der Waals surface area contributed by atoms with Gasteiger partial charge in [-0.25, -0.2) is 9.80 Å². The van der Waals surface area contributed by atoms with Crippen molar-refractivity contribution >= 4 is 17.8 Å². The summed E-state index contributed by atoms with van der Waals surface area (Å²) in [5.74, 6) is 2.36. The number of carbonyl (C=O) groups excluding carboxylic acids is 3. The van der Waals surface area contributed by atoms with E-state index < -0.39 is 12.2 Å². The fourth-order valence-corrected chi connectivity index (χ4v) is 4.39. The Hall–Kier alpha value is -3.05. The topological polar surface area (TPSA) is 76.2 Å². The van der Waals surface area contributed by atoms with Crippen LogP contribution in [0.4, 0.5) is 4.79 Å². The Morgan fingerprint density at radius 3 is 2.59 bits per heavy atom. The first-order valence-corrected chi connectivity index (χ1v) is 11.4. The molecule has 32 heavy (non-hydrogen) atoms. The quantitative estimate of drug-likeness (QED) is 0.629. The summed E-state index contributed by atoms with van der Waals surface area (Å²) >= 11 is 0. The maximum absolute atomic E-state index is 13.3. The number of hydrogen-bond acceptors (Lipinski definition) is 4. The number of rotatable bonds is 8. The molecule has 172 valence electrons. The van der Waals surface area contributed by atoms with Crippen molar-refractivity contribution in [3.63, 3.8) is 0 Å². The number of piperazine rings is 1. The van der Waals surface area contributed by atoms with Crippen LogP contribution in [0.25, 0.3) is 0 Å². The SMILES string of the molecule is C#CCN1CC(=O)N2C(CN(CCCC)C(=O)[C@@H]2CCC)N1C(=O)NCc1ccccc1. The van der Waals surface area contributed by atoms with Gasteiger partial charge in [-0.3, -0.25) is 9.59 Å². The third-order valence-electron chi connectivity index (χ3n) is 5.94. The van der Waals surface area contributed by atoms with Gasteiger partial charge in [-0.2, -0.15) is 5.01 Å². The minimum absolute atomic E-state index is 0.0259. The van der Waals surface area contributed by atoms with Crippen LogP contribution in [0.2, 0.25) is 0 Å². The zero-order valence-corrected chi connectivity index (χ0v) is 19.0. The van der Waals surface area contributed by atoms with Gasteiger partial charge in [-0.15, -0.1) is 6.42 Å². The van der Waals surface area contributed by atoms with Gasteiger partial charge >= 0.3 is 6.03 Å². The van der Waals surface area contributed by atoms with Crippen LogP contribution in [-0.4, -0.2) is 76.0 Å². The van der Waals surface area contributed by atoms with E-state index in [2.05, 4.69) is 18.2 Å². The average Bonchev–Trinajstić information content (AvgIpc) is 2.79. The Kier molecular flexibility index (Phi) is 8.12. The molecular weight excluding hydrogens is 406 g/mol. The lowest BCUT2D eigenvalue weighted by Crippen LogP contribution is -2.76. The Bertz CT molecular complexity index is 853. The number of nitrogens with one attached hydrogen (secondary N) is 1. The van der Waals surface area contributed by atoms with Crippen LogP contribution in [0, 0.1) is 12.3 Å². The molecule has 8 heteroatoms. The molecule has 0 aromatic heterocycles. The Labute approximate surface area is 190 Å². The molecule has 0 spiro atoms. The average molecular weight is 440 g/mol. The molecule has 0 bridgehead atoms. The van der Waals surface area contributed by atoms with Crippen molar-refractivity contribution < 1.29 is 14.4 Å². The van der Waals surface area contributed by atoms with Crippen molar-refractivity contribution in [3.05, 3.63) is 35.9 Å². The zero-order chi connectivity index (χ0) is 23.1. The van der Waals surface area contributed by atoms with Gasteiger partial charge in [0.05, 0.1) is 19.6 Å². The number of carbonyl (C=O) groups is 3. The Balaban J connectivity index is 1.89. The summed E-state index contributed by atoms with van der Waals surface area (Å²) < 4.78 is 0. The fourth-order valence-electron chi connectivity index (χ4n) is 4.39. The highest BCUT2D eigenvalue weighted by molar-refractivity contribution is 5.91. The highest BCUT2D eigenvalue weighted by Crippen LogP contribution is 2.28. The summed E-state index contributed by atoms with van der Waals surface area (Å²) in [5.41, 5.74) is 0.974. The molecule has 2 aliphatic heterocycles. The molecule has 4 amide bonds. The van der Waals surface area contributed by atoms with E-state index in [0.717, 1.165) is 24.8 Å². The molecule has 1 N–H and O–H groups in total. The van der Waals surface area contributed by atoms with E-state index in [1.807, 2.05) is 37.3 Å². The smallest absolute Gasteiger partial charge is 0.334 e. The van der Waals surface area contributed by atoms with Crippen molar-refractivity contribution in [2.24, 2.45) is 0 Å². The first kappa shape index (κ1) is 23.6. The highest BCUT2D eigenvalue weighted by atomic mass is 16.2. The molecule has 2 atom stereocenters. The van der Waals surface area contributed by atoms with Gasteiger partial charge in [0, 0.05) is 13.1 Å². The third-order valence-corrected chi connectivity index (χ3v) is 5.94. The van der Waals surface area contributed by atoms with E-state index in [4.69, 9.17) is 6.42 Å². The molecule has 3 rings (SSSR count). The van der Waals surface area contributed by atoms with E-state index in [1.165, 1.54) is 0 Å². The van der Waals surface area contributed by atoms with Gasteiger partial charge < -0.3 is 15.1 Å². The number of nitrogens with zero attached hydrogens (tertiary/aromatic N) is 4. The van der Waals surface area contributed by atoms with Crippen LogP contribution in [0.3, 0.4) is 0 Å². The molecule has 1 aromatic carbocycles. The summed E-state index contributed by atoms with van der Waals surface area (Å²) in [6, 6.07) is 8.75. The molecule has 1 unspecified atom stereocenters. The van der Waals surface area contributed by atoms with Gasteiger partial charge in [-0.1, -0.05) is 62.9 Å². The van der Waals surface area contributed by atoms with Crippen LogP contribution in [-0.2, 0) is 16.1 Å². The van der Waals surface area contributed by atoms with Crippen LogP contribution in [0.5, 0.6) is 0 Å². The number of fused-ring (bicyclic) bond motifs is 1. The van der Waals surface area contributed by atoms with Crippen molar-refractivity contribution in [1.29, 1.82) is 0 Å². The second kappa shape index (κ2) is 11.0. The molecule has 2 aliphatic rings. The number of unbranched alkanes of at least 4 members (excludes halogenated alkanes) is 1. The summed E-state index contributed by atoms with van der Waals surface area (Å²) in [5, 5.41) is 6.12. The molecule has 8 nitrogen and oxygen atoms in total. The lowest BCUT2D eigenvalue weighted by molar-refractivity contribution is -0.189. The number of urea groups is 1. The predicted octanol–water partition coefficient (Wildman–Crippen LogP) is 2.03. The zero-order valence-electron chi connectivity index (χ0n) is 19.0. The minimum Gasteiger partial charge on any atom is -0.337 e. The number of hydrazine groups is 1. The van der Waals surface area contributed by atoms with E-state index in [-0.39, 0.29) is 37.5 Å². The van der Waals surface area contributed by atoms with Crippen molar-refractivity contribution in [1.82, 2.24) is 25.1 Å². The largest absolute Gasteiger partial charge is 0.337 e. The minimum atomic E-state index is -0.577. The monoisotopic (exact) mass is 439 g/mol. The van der Waals surface area contributed by atoms with Crippen molar-refractivity contribution in [2.45, 2.75) is 58.3 Å². The lowest BCUT2D eigenvalue weighted by atomic mass is 10.0. The first-order chi connectivity index (χ1) is 15.5. The summed E-state index contributed by atoms with van der Waals surface area (Å²) in [4.78, 5) is 43.0. The Morgan fingerprint density at radius 2 is 1.94 bits per heavy atom. The molecule has 0 saturated carbocycles. The second-order valence-corrected chi connectivity index (χ2v) is 8.24. The fraction of sp³-hybridized carbons (Fsp3) is 0.542. The summed E-state index contributed by atoms with van der Waals surface area (Å²) in [6.45, 7) is 5.44. The Morgan fingerprint density at radius 1 is 1.19 bits per heavy atom. The van der Waals surface area contributed by atoms with Gasteiger partial charge in [-0.05, 0) is 18.4 Å². The lowest BCUT2D eigenvalue weighted by Gasteiger charge is -2.55. The normalized spacial score (nSPS) is 21.3. The molecular formula is C24H33N5O3. The maximum Gasteiger partial charge on any atom is 0.334 e. The summed E-state index contributed by atoms with van der Waals surface area (Å²) in [7, 11) is 0. The van der Waals surface area contributed by atoms with E-state index in [0.29, 0.717) is 19.5 Å². The van der Waals surface area contributed by atoms with E-state index >= 15 is 0 Å². The summed E-state index contributed by atoms with van der Waals surface area (Å²) in [6.07, 6.45) is 8.14. The molecule has 2 heterocycles. The number of terminal acetylenes is 1. The van der Waals surface area contributed by atoms with E-state index in [9.17, 15) is 14.4 Å². The highest BCUT2D eigenvalue weighted by Gasteiger charge is 2.50. The van der Waals surface area contributed by atoms with Crippen LogP contribution in [0.1, 0.15) is 45.1 Å². The van der Waals surface area contributed by atoms with Crippen LogP contribution >= 0.6 is 0 Å². The van der Waals surface area contributed by atoms with Crippen molar-refractivity contribution in [2.75, 3.05) is 26.2 Å². The third kappa shape index (κ3) is 5.05. The standard InChI is InChI=1S/C24H33N5O3/c1-4-7-15-26-17-21-28(20(11-5-2)23(26)31)22(30)18-27(14-6-3)29(21)24(32)25-16-19-12-9-8-10-13-19/h3,8-10,12-13,20-21H,4-5,7,11,14-18H2,1-2H3,(H,25,32)/t20-,21?/m0/s1. The van der Waals surface area contributed by atoms with Gasteiger partial charge in [0.2, 0.25) is 11.8 Å². The van der Waals surface area contributed by atoms with E-state index in [1.54, 1.807) is 19.8 Å². The number of hydrogen-bond donors (Lipinski definition) is 1. The first-order valence-electron chi connectivity index (χ1n) is 11.4. The predicted molar refractivity (Wildman–Crippen MR) is 122 cm³/mol. The second-order valence-electron chi connectivity index (χ2n) is 8.24. The molecule has 2 saturated heterocycles. The van der Waals surface area contributed by atoms with Gasteiger partial charge in [0.15, 0.2) is 0 Å². The molecule has 1 aromatic rings. The van der Waals surface area contributed by atoms with Crippen LogP contribution < -0.4 is 5.32 Å². The molecule has 0 aliphatic carbocycles. The molecule has 2 fully saturated rings. The van der Waals surface area contributed by atoms with Gasteiger partial charge in [0.1, 0.15) is 12.2 Å². The number of amides is 4. The maximum atomic E-state index is 13.3. The number of benzene rings is 1. The van der Waals surface area contributed by atoms with Crippen molar-refractivity contribution in [3.8, 4) is 12.3 Å². The molecule has 0 radical (unpaired) electrons. The van der Waals surface area contributed by atoms with Crippen LogP contribution in [0.15, 0.2) is 30.3 Å².